The van der Waals surface area contributed by atoms with E-state index in [0.717, 1.165) is 37.0 Å². The molecule has 1 aliphatic heterocycles. The molecule has 5 heteroatoms. The zero-order valence-corrected chi connectivity index (χ0v) is 12.8. The molecule has 0 bridgehead atoms. The van der Waals surface area contributed by atoms with Crippen molar-refractivity contribution in [2.75, 3.05) is 6.61 Å². The molecule has 2 aromatic carbocycles. The summed E-state index contributed by atoms with van der Waals surface area (Å²) < 4.78 is 17.1. The molecule has 0 spiro atoms. The fraction of sp³-hybridized carbons (Fsp3) is 0.333. The van der Waals surface area contributed by atoms with Crippen LogP contribution >= 0.6 is 0 Å². The van der Waals surface area contributed by atoms with E-state index in [2.05, 4.69) is 22.3 Å². The minimum absolute atomic E-state index is 0.0642. The lowest BCUT2D eigenvalue weighted by atomic mass is 10.1. The molecule has 3 aromatic rings. The van der Waals surface area contributed by atoms with Crippen LogP contribution in [0.1, 0.15) is 37.1 Å². The van der Waals surface area contributed by atoms with Crippen LogP contribution in [0.3, 0.4) is 0 Å². The highest BCUT2D eigenvalue weighted by atomic mass is 16.5. The summed E-state index contributed by atoms with van der Waals surface area (Å²) in [5.41, 5.74) is 0. The second-order valence-electron chi connectivity index (χ2n) is 5.69. The molecule has 0 N–H and O–H groups in total. The molecule has 5 nitrogen and oxygen atoms in total. The van der Waals surface area contributed by atoms with Crippen molar-refractivity contribution in [3.8, 4) is 5.75 Å². The predicted molar refractivity (Wildman–Crippen MR) is 85.1 cm³/mol. The van der Waals surface area contributed by atoms with Gasteiger partial charge in [-0.15, -0.1) is 10.2 Å². The summed E-state index contributed by atoms with van der Waals surface area (Å²) in [6, 6.07) is 14.2. The second-order valence-corrected chi connectivity index (χ2v) is 5.69. The standard InChI is InChI=1S/C18H18N2O3/c1-2-6-14-11-15(9-8-13(14)5-1)22-12-17-19-20-18(23-17)16-7-3-4-10-21-16/h1-2,5-6,8-9,11,16H,3-4,7,10,12H2. The van der Waals surface area contributed by atoms with E-state index in [1.165, 1.54) is 5.39 Å². The Bertz CT molecular complexity index is 794. The third kappa shape index (κ3) is 3.19. The van der Waals surface area contributed by atoms with Crippen LogP contribution in [0.4, 0.5) is 0 Å². The van der Waals surface area contributed by atoms with Gasteiger partial charge in [0.25, 0.3) is 5.89 Å². The van der Waals surface area contributed by atoms with Crippen LogP contribution in [0.15, 0.2) is 46.9 Å². The highest BCUT2D eigenvalue weighted by molar-refractivity contribution is 5.83. The monoisotopic (exact) mass is 310 g/mol. The Morgan fingerprint density at radius 3 is 2.83 bits per heavy atom. The van der Waals surface area contributed by atoms with E-state index in [4.69, 9.17) is 13.9 Å². The molecular formula is C18H18N2O3. The van der Waals surface area contributed by atoms with E-state index in [1.807, 2.05) is 30.3 Å². The van der Waals surface area contributed by atoms with E-state index in [1.54, 1.807) is 0 Å². The van der Waals surface area contributed by atoms with Crippen LogP contribution in [0.5, 0.6) is 5.75 Å². The Morgan fingerprint density at radius 2 is 1.96 bits per heavy atom. The highest BCUT2D eigenvalue weighted by Gasteiger charge is 2.22. The van der Waals surface area contributed by atoms with Crippen LogP contribution in [0.25, 0.3) is 10.8 Å². The van der Waals surface area contributed by atoms with Gasteiger partial charge < -0.3 is 13.9 Å². The van der Waals surface area contributed by atoms with Crippen molar-refractivity contribution in [2.24, 2.45) is 0 Å². The number of benzene rings is 2. The Kier molecular flexibility index (Phi) is 3.94. The van der Waals surface area contributed by atoms with Crippen molar-refractivity contribution < 1.29 is 13.9 Å². The largest absolute Gasteiger partial charge is 0.484 e. The van der Waals surface area contributed by atoms with Crippen molar-refractivity contribution in [3.63, 3.8) is 0 Å². The smallest absolute Gasteiger partial charge is 0.254 e. The maximum atomic E-state index is 5.76. The lowest BCUT2D eigenvalue weighted by Crippen LogP contribution is -2.11. The van der Waals surface area contributed by atoms with Gasteiger partial charge in [-0.2, -0.15) is 0 Å². The molecule has 0 saturated carbocycles. The van der Waals surface area contributed by atoms with Crippen molar-refractivity contribution >= 4 is 10.8 Å². The van der Waals surface area contributed by atoms with Crippen molar-refractivity contribution in [3.05, 3.63) is 54.2 Å². The molecule has 1 fully saturated rings. The maximum absolute atomic E-state index is 5.76. The number of hydrogen-bond donors (Lipinski definition) is 0. The van der Waals surface area contributed by atoms with Crippen molar-refractivity contribution in [2.45, 2.75) is 32.0 Å². The number of ether oxygens (including phenoxy) is 2. The van der Waals surface area contributed by atoms with Gasteiger partial charge in [-0.1, -0.05) is 30.3 Å². The molecule has 1 atom stereocenters. The van der Waals surface area contributed by atoms with Crippen LogP contribution in [-0.2, 0) is 11.3 Å². The van der Waals surface area contributed by atoms with Crippen LogP contribution in [-0.4, -0.2) is 16.8 Å². The quantitative estimate of drug-likeness (QED) is 0.728. The number of fused-ring (bicyclic) bond motifs is 1. The van der Waals surface area contributed by atoms with E-state index in [0.29, 0.717) is 11.8 Å². The summed E-state index contributed by atoms with van der Waals surface area (Å²) in [6.45, 7) is 1.02. The molecular weight excluding hydrogens is 292 g/mol. The third-order valence-electron chi connectivity index (χ3n) is 4.02. The van der Waals surface area contributed by atoms with Gasteiger partial charge in [0.2, 0.25) is 5.89 Å². The van der Waals surface area contributed by atoms with E-state index < -0.39 is 0 Å². The number of hydrogen-bond acceptors (Lipinski definition) is 5. The first-order valence-corrected chi connectivity index (χ1v) is 7.94. The number of rotatable bonds is 4. The summed E-state index contributed by atoms with van der Waals surface area (Å²) in [5, 5.41) is 10.5. The third-order valence-corrected chi connectivity index (χ3v) is 4.02. The van der Waals surface area contributed by atoms with E-state index in [-0.39, 0.29) is 12.7 Å². The topological polar surface area (TPSA) is 57.4 Å². The van der Waals surface area contributed by atoms with Crippen LogP contribution in [0, 0.1) is 0 Å². The first kappa shape index (κ1) is 14.2. The molecule has 0 aliphatic carbocycles. The molecule has 1 aliphatic rings. The van der Waals surface area contributed by atoms with Gasteiger partial charge in [0.1, 0.15) is 11.9 Å². The van der Waals surface area contributed by atoms with Gasteiger partial charge in [0, 0.05) is 6.61 Å². The second kappa shape index (κ2) is 6.38. The van der Waals surface area contributed by atoms with E-state index >= 15 is 0 Å². The van der Waals surface area contributed by atoms with Gasteiger partial charge in [0.15, 0.2) is 6.61 Å². The highest BCUT2D eigenvalue weighted by Crippen LogP contribution is 2.27. The fourth-order valence-electron chi connectivity index (χ4n) is 2.79. The Morgan fingerprint density at radius 1 is 1.04 bits per heavy atom. The summed E-state index contributed by atoms with van der Waals surface area (Å²) in [5.74, 6) is 1.82. The molecule has 1 aromatic heterocycles. The van der Waals surface area contributed by atoms with Crippen LogP contribution < -0.4 is 4.74 Å². The normalized spacial score (nSPS) is 18.2. The Labute approximate surface area is 134 Å². The van der Waals surface area contributed by atoms with Crippen molar-refractivity contribution in [1.82, 2.24) is 10.2 Å². The Balaban J connectivity index is 1.42. The average Bonchev–Trinajstić information content (AvgIpc) is 3.10. The summed E-state index contributed by atoms with van der Waals surface area (Å²) in [4.78, 5) is 0. The minimum atomic E-state index is -0.0642. The fourth-order valence-corrected chi connectivity index (χ4v) is 2.79. The van der Waals surface area contributed by atoms with Crippen LogP contribution in [0.2, 0.25) is 0 Å². The molecule has 0 amide bonds. The molecule has 118 valence electrons. The first-order chi connectivity index (χ1) is 11.4. The first-order valence-electron chi connectivity index (χ1n) is 7.94. The molecule has 23 heavy (non-hydrogen) atoms. The van der Waals surface area contributed by atoms with Gasteiger partial charge in [-0.05, 0) is 42.2 Å². The molecule has 4 rings (SSSR count). The molecule has 0 radical (unpaired) electrons. The van der Waals surface area contributed by atoms with Gasteiger partial charge in [-0.3, -0.25) is 0 Å². The summed E-state index contributed by atoms with van der Waals surface area (Å²) in [7, 11) is 0. The molecule has 2 heterocycles. The average molecular weight is 310 g/mol. The van der Waals surface area contributed by atoms with Gasteiger partial charge in [-0.25, -0.2) is 0 Å². The minimum Gasteiger partial charge on any atom is -0.484 e. The molecule has 1 saturated heterocycles. The lowest BCUT2D eigenvalue weighted by molar-refractivity contribution is -0.00258. The SMILES string of the molecule is c1ccc2cc(OCc3nnc(C4CCCCO4)o3)ccc2c1. The number of nitrogens with zero attached hydrogens (tertiary/aromatic N) is 2. The Hall–Kier alpha value is -2.40. The van der Waals surface area contributed by atoms with E-state index in [9.17, 15) is 0 Å². The lowest BCUT2D eigenvalue weighted by Gasteiger charge is -2.18. The van der Waals surface area contributed by atoms with Gasteiger partial charge >= 0.3 is 0 Å². The predicted octanol–water partition coefficient (Wildman–Crippen LogP) is 4.04. The number of aromatic nitrogens is 2. The van der Waals surface area contributed by atoms with Gasteiger partial charge in [0.05, 0.1) is 0 Å². The maximum Gasteiger partial charge on any atom is 0.254 e. The summed E-state index contributed by atoms with van der Waals surface area (Å²) >= 11 is 0. The summed E-state index contributed by atoms with van der Waals surface area (Å²) in [6.07, 6.45) is 3.11. The molecule has 1 unspecified atom stereocenters. The zero-order chi connectivity index (χ0) is 15.5. The zero-order valence-electron chi connectivity index (χ0n) is 12.8. The van der Waals surface area contributed by atoms with Crippen molar-refractivity contribution in [1.29, 1.82) is 0 Å².